The van der Waals surface area contributed by atoms with Crippen molar-refractivity contribution in [3.05, 3.63) is 29.3 Å². The Morgan fingerprint density at radius 2 is 1.73 bits per heavy atom. The van der Waals surface area contributed by atoms with Crippen molar-refractivity contribution in [3.63, 3.8) is 0 Å². The van der Waals surface area contributed by atoms with Crippen LogP contribution in [0.5, 0.6) is 0 Å². The normalized spacial score (nSPS) is 12.2. The number of hydrogen-bond acceptors (Lipinski definition) is 1. The Balaban J connectivity index is 3.23. The molecule has 0 nitrogen and oxygen atoms in total. The van der Waals surface area contributed by atoms with Gasteiger partial charge in [0.1, 0.15) is 0 Å². The number of alkyl halides is 3. The van der Waals surface area contributed by atoms with E-state index in [4.69, 9.17) is 0 Å². The summed E-state index contributed by atoms with van der Waals surface area (Å²) in [7, 11) is 0. The molecule has 0 aliphatic carbocycles. The molecule has 0 heterocycles. The predicted octanol–water partition coefficient (Wildman–Crippen LogP) is 4.55. The molecule has 84 valence electrons. The molecule has 0 radical (unpaired) electrons. The van der Waals surface area contributed by atoms with Gasteiger partial charge in [0.25, 0.3) is 0 Å². The highest BCUT2D eigenvalue weighted by Crippen LogP contribution is 2.34. The topological polar surface area (TPSA) is 0 Å². The second-order valence-electron chi connectivity index (χ2n) is 3.65. The van der Waals surface area contributed by atoms with E-state index in [1.54, 1.807) is 6.26 Å². The van der Waals surface area contributed by atoms with E-state index in [1.807, 2.05) is 19.9 Å². The fourth-order valence-electron chi connectivity index (χ4n) is 1.24. The van der Waals surface area contributed by atoms with Crippen LogP contribution in [0.4, 0.5) is 13.2 Å². The third-order valence-electron chi connectivity index (χ3n) is 2.16. The van der Waals surface area contributed by atoms with Crippen molar-refractivity contribution in [2.24, 2.45) is 0 Å². The zero-order valence-electron chi connectivity index (χ0n) is 8.85. The quantitative estimate of drug-likeness (QED) is 0.676. The second kappa shape index (κ2) is 4.47. The van der Waals surface area contributed by atoms with Crippen molar-refractivity contribution in [3.8, 4) is 0 Å². The summed E-state index contributed by atoms with van der Waals surface area (Å²) in [5.41, 5.74) is 0.173. The predicted molar refractivity (Wildman–Crippen MR) is 57.3 cm³/mol. The first-order valence-corrected chi connectivity index (χ1v) is 5.83. The van der Waals surface area contributed by atoms with Gasteiger partial charge >= 0.3 is 6.18 Å². The van der Waals surface area contributed by atoms with Crippen LogP contribution in [0.2, 0.25) is 0 Å². The highest BCUT2D eigenvalue weighted by atomic mass is 32.2. The van der Waals surface area contributed by atoms with E-state index >= 15 is 0 Å². The van der Waals surface area contributed by atoms with Gasteiger partial charge in [0.15, 0.2) is 0 Å². The number of thioether (sulfide) groups is 1. The zero-order valence-corrected chi connectivity index (χ0v) is 9.67. The molecule has 0 N–H and O–H groups in total. The molecule has 0 atom stereocenters. The smallest absolute Gasteiger partial charge is 0.166 e. The molecule has 4 heteroatoms. The lowest BCUT2D eigenvalue weighted by molar-refractivity contribution is -0.137. The van der Waals surface area contributed by atoms with Gasteiger partial charge in [-0.3, -0.25) is 0 Å². The molecule has 1 rings (SSSR count). The van der Waals surface area contributed by atoms with Gasteiger partial charge < -0.3 is 0 Å². The van der Waals surface area contributed by atoms with E-state index in [0.717, 1.165) is 5.56 Å². The van der Waals surface area contributed by atoms with Crippen LogP contribution in [0, 0.1) is 0 Å². The molecule has 0 saturated heterocycles. The Bertz CT molecular complexity index is 342. The van der Waals surface area contributed by atoms with Crippen molar-refractivity contribution in [1.82, 2.24) is 0 Å². The van der Waals surface area contributed by atoms with E-state index in [0.29, 0.717) is 4.90 Å². The Morgan fingerprint density at radius 3 is 2.13 bits per heavy atom. The first-order valence-electron chi connectivity index (χ1n) is 4.60. The lowest BCUT2D eigenvalue weighted by atomic mass is 10.0. The Labute approximate surface area is 91.9 Å². The molecular weight excluding hydrogens is 221 g/mol. The Kier molecular flexibility index (Phi) is 3.71. The maximum absolute atomic E-state index is 12.5. The minimum absolute atomic E-state index is 0.109. The first kappa shape index (κ1) is 12.4. The minimum Gasteiger partial charge on any atom is -0.166 e. The number of halogens is 3. The fourth-order valence-corrected chi connectivity index (χ4v) is 1.74. The lowest BCUT2D eigenvalue weighted by Crippen LogP contribution is -2.06. The van der Waals surface area contributed by atoms with E-state index in [9.17, 15) is 13.2 Å². The molecule has 0 aliphatic rings. The van der Waals surface area contributed by atoms with Crippen molar-refractivity contribution >= 4 is 11.8 Å². The second-order valence-corrected chi connectivity index (χ2v) is 4.53. The minimum atomic E-state index is -4.25. The van der Waals surface area contributed by atoms with Gasteiger partial charge in [-0.05, 0) is 35.9 Å². The van der Waals surface area contributed by atoms with Gasteiger partial charge in [-0.15, -0.1) is 11.8 Å². The zero-order chi connectivity index (χ0) is 11.6. The molecule has 0 bridgehead atoms. The third-order valence-corrected chi connectivity index (χ3v) is 2.87. The van der Waals surface area contributed by atoms with Crippen molar-refractivity contribution in [1.29, 1.82) is 0 Å². The number of benzene rings is 1. The van der Waals surface area contributed by atoms with Crippen LogP contribution < -0.4 is 0 Å². The fraction of sp³-hybridized carbons (Fsp3) is 0.455. The molecule has 1 aromatic carbocycles. The van der Waals surface area contributed by atoms with Crippen LogP contribution in [0.25, 0.3) is 0 Å². The summed E-state index contributed by atoms with van der Waals surface area (Å²) < 4.78 is 37.6. The van der Waals surface area contributed by atoms with Gasteiger partial charge in [-0.25, -0.2) is 0 Å². The van der Waals surface area contributed by atoms with Gasteiger partial charge in [0.2, 0.25) is 0 Å². The van der Waals surface area contributed by atoms with Crippen LogP contribution in [-0.4, -0.2) is 6.26 Å². The summed E-state index contributed by atoms with van der Waals surface area (Å²) in [6.45, 7) is 3.78. The number of hydrogen-bond donors (Lipinski definition) is 0. The van der Waals surface area contributed by atoms with E-state index < -0.39 is 11.7 Å². The molecule has 0 fully saturated rings. The molecule has 0 saturated carbocycles. The van der Waals surface area contributed by atoms with Gasteiger partial charge in [0, 0.05) is 4.90 Å². The Hall–Kier alpha value is -0.640. The van der Waals surface area contributed by atoms with Crippen molar-refractivity contribution < 1.29 is 13.2 Å². The molecule has 0 aromatic heterocycles. The average Bonchev–Trinajstić information content (AvgIpc) is 2.15. The number of rotatable bonds is 2. The monoisotopic (exact) mass is 234 g/mol. The SMILES string of the molecule is CSc1cc(C(C)C)cc(C(F)(F)F)c1. The highest BCUT2D eigenvalue weighted by molar-refractivity contribution is 7.98. The lowest BCUT2D eigenvalue weighted by Gasteiger charge is -2.13. The van der Waals surface area contributed by atoms with Crippen LogP contribution in [0.3, 0.4) is 0 Å². The highest BCUT2D eigenvalue weighted by Gasteiger charge is 2.31. The molecule has 0 unspecified atom stereocenters. The van der Waals surface area contributed by atoms with E-state index in [2.05, 4.69) is 0 Å². The van der Waals surface area contributed by atoms with Crippen molar-refractivity contribution in [2.45, 2.75) is 30.8 Å². The third kappa shape index (κ3) is 3.16. The summed E-state index contributed by atoms with van der Waals surface area (Å²) in [4.78, 5) is 0.661. The average molecular weight is 234 g/mol. The van der Waals surface area contributed by atoms with Crippen LogP contribution in [0.15, 0.2) is 23.1 Å². The molecule has 0 spiro atoms. The van der Waals surface area contributed by atoms with E-state index in [1.165, 1.54) is 23.9 Å². The molecule has 0 aliphatic heterocycles. The molecule has 15 heavy (non-hydrogen) atoms. The summed E-state index contributed by atoms with van der Waals surface area (Å²) in [6, 6.07) is 4.23. The summed E-state index contributed by atoms with van der Waals surface area (Å²) >= 11 is 1.33. The van der Waals surface area contributed by atoms with E-state index in [-0.39, 0.29) is 5.92 Å². The van der Waals surface area contributed by atoms with Gasteiger partial charge in [-0.1, -0.05) is 13.8 Å². The van der Waals surface area contributed by atoms with Crippen LogP contribution in [-0.2, 0) is 6.18 Å². The summed E-state index contributed by atoms with van der Waals surface area (Å²) in [6.07, 6.45) is -2.48. The van der Waals surface area contributed by atoms with Crippen LogP contribution in [0.1, 0.15) is 30.9 Å². The maximum Gasteiger partial charge on any atom is 0.416 e. The first-order chi connectivity index (χ1) is 6.84. The molecule has 0 amide bonds. The molecule has 1 aromatic rings. The summed E-state index contributed by atoms with van der Waals surface area (Å²) in [5.74, 6) is 0.109. The maximum atomic E-state index is 12.5. The van der Waals surface area contributed by atoms with Gasteiger partial charge in [0.05, 0.1) is 5.56 Å². The summed E-state index contributed by atoms with van der Waals surface area (Å²) in [5, 5.41) is 0. The Morgan fingerprint density at radius 1 is 1.13 bits per heavy atom. The largest absolute Gasteiger partial charge is 0.416 e. The van der Waals surface area contributed by atoms with Crippen molar-refractivity contribution in [2.75, 3.05) is 6.26 Å². The van der Waals surface area contributed by atoms with Crippen LogP contribution >= 0.6 is 11.8 Å². The van der Waals surface area contributed by atoms with Gasteiger partial charge in [-0.2, -0.15) is 13.2 Å². The molecular formula is C11H13F3S. The standard InChI is InChI=1S/C11H13F3S/c1-7(2)8-4-9(11(12,13)14)6-10(5-8)15-3/h4-7H,1-3H3.